The van der Waals surface area contributed by atoms with E-state index in [1.807, 2.05) is 121 Å². The zero-order chi connectivity index (χ0) is 65.2. The molecule has 0 amide bonds. The SMILES string of the molecule is O/C(C/C(O)=C(\c1ccccc1)[PH+](c1ccccc1)c1ccccc1)=C(/c1ccccc1)[PH+](c1ccccc1)c1ccccc1.[Ni].[Ni].[c-]1ccccc1.[c-]1ccccc1.c1ccc([PH+](c2ccccc2)c2ccccc2)cc1.c1ccc([PH+](c2ccccc2)c2ccccc2)cc1. The molecule has 2 N–H and O–H groups in total. The number of aliphatic hydroxyl groups excluding tert-OH is 2. The fourth-order valence-corrected chi connectivity index (χ4v) is 21.8. The Bertz CT molecular complexity index is 3800. The molecule has 0 aliphatic heterocycles. The topological polar surface area (TPSA) is 40.5 Å². The molecule has 0 atom stereocenters. The molecule has 14 aromatic rings. The van der Waals surface area contributed by atoms with Gasteiger partial charge in [-0.3, -0.25) is 0 Å². The van der Waals surface area contributed by atoms with E-state index in [0.29, 0.717) is 0 Å². The molecule has 0 aliphatic rings. The van der Waals surface area contributed by atoms with Gasteiger partial charge in [0.1, 0.15) is 91.0 Å². The van der Waals surface area contributed by atoms with Gasteiger partial charge in [-0.1, -0.05) is 243 Å². The van der Waals surface area contributed by atoms with E-state index in [0.717, 1.165) is 21.8 Å². The van der Waals surface area contributed by atoms with Gasteiger partial charge >= 0.3 is 0 Å². The van der Waals surface area contributed by atoms with Crippen LogP contribution in [0.15, 0.2) is 436 Å². The maximum atomic E-state index is 12.3. The zero-order valence-corrected chi connectivity index (χ0v) is 59.6. The van der Waals surface area contributed by atoms with Gasteiger partial charge in [-0.2, -0.15) is 72.8 Å². The zero-order valence-electron chi connectivity index (χ0n) is 53.6. The number of aliphatic hydroxyl groups is 2. The Balaban J connectivity index is 0.000000189. The van der Waals surface area contributed by atoms with Gasteiger partial charge in [0.15, 0.2) is 0 Å². The van der Waals surface area contributed by atoms with Crippen molar-refractivity contribution >= 4 is 95.4 Å². The van der Waals surface area contributed by atoms with Crippen LogP contribution in [0.4, 0.5) is 0 Å². The normalized spacial score (nSPS) is 10.9. The maximum Gasteiger partial charge on any atom is 0.147 e. The monoisotopic (exact) mass is 1420 g/mol. The summed E-state index contributed by atoms with van der Waals surface area (Å²) >= 11 is 0. The van der Waals surface area contributed by atoms with Crippen LogP contribution in [0.25, 0.3) is 10.6 Å². The van der Waals surface area contributed by atoms with E-state index >= 15 is 0 Å². The maximum absolute atomic E-state index is 12.3. The first-order chi connectivity index (χ1) is 47.1. The summed E-state index contributed by atoms with van der Waals surface area (Å²) in [5, 5.41) is 39.6. The van der Waals surface area contributed by atoms with E-state index in [1.54, 1.807) is 0 Å². The first kappa shape index (κ1) is 73.7. The Hall–Kier alpha value is -9.13. The van der Waals surface area contributed by atoms with Crippen LogP contribution < -0.4 is 53.0 Å². The first-order valence-corrected chi connectivity index (χ1v) is 37.9. The standard InChI is InChI=1S/C41H34O2P2.2C18H15P.2C6H5.2Ni/c42-38(40(32-19-7-1-8-20-32)44(34-23-11-3-12-24-34)35-25-13-4-14-26-35)31-39(43)41(33-21-9-2-10-22-33)45(36-27-15-5-16-28-36)37-29-17-6-18-30-37;2*1-4-10-16(11-5-1)19(17-12-6-2-7-13-17)18-14-8-3-9-15-18;2*1-2-4-6-5-3-1;;/h1-30,42-43H,31H2;2*1-15H;2*1-5H;;/q;;;2*-1;;/p+4/b40-38-,41-39-;;;;;;. The number of hydrogen-bond donors (Lipinski definition) is 2. The van der Waals surface area contributed by atoms with Crippen molar-refractivity contribution in [3.63, 3.8) is 0 Å². The molecule has 0 aliphatic carbocycles. The van der Waals surface area contributed by atoms with E-state index in [9.17, 15) is 10.2 Å². The Morgan fingerprint density at radius 1 is 0.206 bits per heavy atom. The molecule has 97 heavy (non-hydrogen) atoms. The van der Waals surface area contributed by atoms with Crippen LogP contribution in [0.5, 0.6) is 0 Å². The van der Waals surface area contributed by atoms with Gasteiger partial charge in [0.05, 0.1) is 22.3 Å². The van der Waals surface area contributed by atoms with E-state index < -0.39 is 31.7 Å². The van der Waals surface area contributed by atoms with Gasteiger partial charge in [0, 0.05) is 44.1 Å². The molecule has 0 bridgehead atoms. The van der Waals surface area contributed by atoms with Crippen LogP contribution in [-0.4, -0.2) is 10.2 Å². The molecule has 0 fully saturated rings. The molecule has 0 unspecified atom stereocenters. The summed E-state index contributed by atoms with van der Waals surface area (Å²) in [7, 11) is -5.04. The minimum atomic E-state index is -1.64. The second kappa shape index (κ2) is 41.7. The third kappa shape index (κ3) is 22.5. The fourth-order valence-electron chi connectivity index (χ4n) is 11.1. The van der Waals surface area contributed by atoms with Crippen LogP contribution in [0.2, 0.25) is 0 Å². The molecule has 0 heterocycles. The van der Waals surface area contributed by atoms with Crippen LogP contribution in [-0.2, 0) is 33.0 Å². The van der Waals surface area contributed by atoms with Crippen molar-refractivity contribution in [2.24, 2.45) is 0 Å². The summed E-state index contributed by atoms with van der Waals surface area (Å²) in [5.74, 6) is 0.382. The quantitative estimate of drug-likeness (QED) is 0.0438. The van der Waals surface area contributed by atoms with Gasteiger partial charge in [-0.05, 0) is 121 Å². The van der Waals surface area contributed by atoms with Gasteiger partial charge < -0.3 is 10.2 Å². The smallest absolute Gasteiger partial charge is 0.147 e. The van der Waals surface area contributed by atoms with Gasteiger partial charge in [0.25, 0.3) is 0 Å². The van der Waals surface area contributed by atoms with E-state index in [-0.39, 0.29) is 50.9 Å². The molecule has 0 aromatic heterocycles. The molecule has 14 rings (SSSR count). The summed E-state index contributed by atoms with van der Waals surface area (Å²) in [6.45, 7) is 0. The minimum Gasteiger partial charge on any atom is -0.508 e. The number of hydrogen-bond acceptors (Lipinski definition) is 2. The average Bonchev–Trinajstić information content (AvgIpc) is 0.796. The molecular formula is C89H78Ni2O2P4+2. The third-order valence-electron chi connectivity index (χ3n) is 15.4. The fraction of sp³-hybridized carbons (Fsp3) is 0.0112. The van der Waals surface area contributed by atoms with Crippen LogP contribution >= 0.6 is 31.7 Å². The molecular weight excluding hydrogens is 1340 g/mol. The summed E-state index contributed by atoms with van der Waals surface area (Å²) in [6.07, 6.45) is 0.0239. The summed E-state index contributed by atoms with van der Waals surface area (Å²) < 4.78 is 0. The first-order valence-electron chi connectivity index (χ1n) is 31.9. The Labute approximate surface area is 599 Å². The molecule has 0 spiro atoms. The molecule has 0 radical (unpaired) electrons. The van der Waals surface area contributed by atoms with Crippen LogP contribution in [0.3, 0.4) is 0 Å². The van der Waals surface area contributed by atoms with Crippen molar-refractivity contribution in [3.05, 3.63) is 459 Å². The van der Waals surface area contributed by atoms with Crippen molar-refractivity contribution < 1.29 is 43.2 Å². The average molecular weight is 1420 g/mol. The van der Waals surface area contributed by atoms with Gasteiger partial charge in [-0.25, -0.2) is 0 Å². The van der Waals surface area contributed by atoms with E-state index in [4.69, 9.17) is 0 Å². The van der Waals surface area contributed by atoms with Crippen LogP contribution in [0, 0.1) is 12.1 Å². The number of rotatable bonds is 16. The second-order valence-electron chi connectivity index (χ2n) is 21.9. The van der Waals surface area contributed by atoms with Gasteiger partial charge in [-0.15, -0.1) is 0 Å². The Morgan fingerprint density at radius 2 is 0.361 bits per heavy atom. The third-order valence-corrected chi connectivity index (χ3v) is 26.6. The minimum absolute atomic E-state index is 0. The molecule has 2 nitrogen and oxygen atoms in total. The summed E-state index contributed by atoms with van der Waals surface area (Å²) in [5.41, 5.74) is 1.92. The van der Waals surface area contributed by atoms with Crippen molar-refractivity contribution in [1.29, 1.82) is 0 Å². The Kier molecular flexibility index (Phi) is 31.7. The number of benzene rings is 14. The van der Waals surface area contributed by atoms with Crippen molar-refractivity contribution in [3.8, 4) is 0 Å². The van der Waals surface area contributed by atoms with E-state index in [2.05, 4.69) is 315 Å². The molecule has 0 saturated carbocycles. The van der Waals surface area contributed by atoms with Crippen molar-refractivity contribution in [1.82, 2.24) is 0 Å². The summed E-state index contributed by atoms with van der Waals surface area (Å²) in [6, 6.07) is 152. The molecule has 14 aromatic carbocycles. The molecule has 0 saturated heterocycles. The molecule has 8 heteroatoms. The Morgan fingerprint density at radius 3 is 0.515 bits per heavy atom. The van der Waals surface area contributed by atoms with Crippen molar-refractivity contribution in [2.75, 3.05) is 0 Å². The van der Waals surface area contributed by atoms with Crippen molar-refractivity contribution in [2.45, 2.75) is 6.42 Å². The van der Waals surface area contributed by atoms with Crippen LogP contribution in [0.1, 0.15) is 17.5 Å². The van der Waals surface area contributed by atoms with Gasteiger partial charge in [0.2, 0.25) is 0 Å². The second-order valence-corrected chi connectivity index (χ2v) is 31.6. The predicted molar refractivity (Wildman–Crippen MR) is 421 cm³/mol. The molecule has 484 valence electrons. The van der Waals surface area contributed by atoms with E-state index in [1.165, 1.54) is 53.0 Å². The summed E-state index contributed by atoms with van der Waals surface area (Å²) in [4.78, 5) is 0. The predicted octanol–water partition coefficient (Wildman–Crippen LogP) is 18.3. The largest absolute Gasteiger partial charge is 0.508 e.